The highest BCUT2D eigenvalue weighted by Gasteiger charge is 2.17. The lowest BCUT2D eigenvalue weighted by molar-refractivity contribution is 0.269. The van der Waals surface area contributed by atoms with Crippen LogP contribution in [0.15, 0.2) is 18.3 Å². The molecule has 1 aliphatic rings. The molecule has 88 valence electrons. The number of likely N-dealkylation sites (tertiary alicyclic amines) is 1. The van der Waals surface area contributed by atoms with Crippen LogP contribution in [-0.4, -0.2) is 35.6 Å². The van der Waals surface area contributed by atoms with Gasteiger partial charge in [0.25, 0.3) is 0 Å². The highest BCUT2D eigenvalue weighted by atomic mass is 19.1. The molecule has 1 fully saturated rings. The maximum absolute atomic E-state index is 12.8. The third-order valence-electron chi connectivity index (χ3n) is 3.09. The van der Waals surface area contributed by atoms with E-state index in [-0.39, 0.29) is 0 Å². The fourth-order valence-electron chi connectivity index (χ4n) is 2.09. The van der Waals surface area contributed by atoms with E-state index >= 15 is 0 Å². The van der Waals surface area contributed by atoms with Crippen molar-refractivity contribution in [3.8, 4) is 0 Å². The normalized spacial score (nSPS) is 18.6. The van der Waals surface area contributed by atoms with Crippen molar-refractivity contribution in [3.63, 3.8) is 0 Å². The van der Waals surface area contributed by atoms with Gasteiger partial charge in [0, 0.05) is 30.5 Å². The summed E-state index contributed by atoms with van der Waals surface area (Å²) in [5.74, 6) is -0.432. The first-order valence-electron chi connectivity index (χ1n) is 5.85. The Balaban J connectivity index is 1.82. The van der Waals surface area contributed by atoms with Crippen LogP contribution in [0.2, 0.25) is 0 Å². The number of hydrogen-bond acceptors (Lipinski definition) is 3. The highest BCUT2D eigenvalue weighted by Crippen LogP contribution is 2.13. The Morgan fingerprint density at radius 2 is 2.25 bits per heavy atom. The Morgan fingerprint density at radius 1 is 1.50 bits per heavy atom. The van der Waals surface area contributed by atoms with Crippen LogP contribution < -0.4 is 5.32 Å². The van der Waals surface area contributed by atoms with E-state index in [1.54, 1.807) is 6.07 Å². The van der Waals surface area contributed by atoms with Gasteiger partial charge in [0.05, 0.1) is 0 Å². The summed E-state index contributed by atoms with van der Waals surface area (Å²) in [6.07, 6.45) is 4.08. The van der Waals surface area contributed by atoms with Crippen LogP contribution in [0.4, 0.5) is 10.1 Å². The zero-order valence-corrected chi connectivity index (χ0v) is 9.62. The molecule has 3 nitrogen and oxygen atoms in total. The number of nitrogens with one attached hydrogen (secondary N) is 1. The highest BCUT2D eigenvalue weighted by molar-refractivity contribution is 5.41. The molecule has 0 spiro atoms. The Labute approximate surface area is 95.7 Å². The Kier molecular flexibility index (Phi) is 3.72. The van der Waals surface area contributed by atoms with Gasteiger partial charge >= 0.3 is 0 Å². The molecular weight excluding hydrogens is 205 g/mol. The third-order valence-corrected chi connectivity index (χ3v) is 3.09. The zero-order chi connectivity index (χ0) is 11.4. The van der Waals surface area contributed by atoms with E-state index in [2.05, 4.69) is 22.1 Å². The van der Waals surface area contributed by atoms with Crippen LogP contribution in [0.1, 0.15) is 19.8 Å². The number of anilines is 1. The molecule has 4 heteroatoms. The van der Waals surface area contributed by atoms with Crippen molar-refractivity contribution < 1.29 is 4.39 Å². The molecule has 1 aromatic rings. The second kappa shape index (κ2) is 5.25. The van der Waals surface area contributed by atoms with E-state index < -0.39 is 5.95 Å². The number of halogens is 1. The maximum Gasteiger partial charge on any atom is 0.214 e. The van der Waals surface area contributed by atoms with Gasteiger partial charge in [-0.25, -0.2) is 4.98 Å². The summed E-state index contributed by atoms with van der Waals surface area (Å²) in [6, 6.07) is 3.72. The molecule has 1 aliphatic heterocycles. The summed E-state index contributed by atoms with van der Waals surface area (Å²) in [6.45, 7) is 5.43. The van der Waals surface area contributed by atoms with Gasteiger partial charge in [-0.1, -0.05) is 0 Å². The molecule has 0 aromatic carbocycles. The molecule has 0 bridgehead atoms. The number of aromatic nitrogens is 1. The van der Waals surface area contributed by atoms with E-state index in [1.807, 2.05) is 0 Å². The molecule has 1 saturated heterocycles. The predicted octanol–water partition coefficient (Wildman–Crippen LogP) is 2.12. The number of hydrogen-bond donors (Lipinski definition) is 1. The van der Waals surface area contributed by atoms with Crippen LogP contribution in [0.3, 0.4) is 0 Å². The molecule has 1 atom stereocenters. The molecule has 1 aromatic heterocycles. The molecule has 2 rings (SSSR count). The molecule has 0 aliphatic carbocycles. The monoisotopic (exact) mass is 223 g/mol. The van der Waals surface area contributed by atoms with Gasteiger partial charge in [0.2, 0.25) is 5.95 Å². The lowest BCUT2D eigenvalue weighted by Crippen LogP contribution is -2.35. The van der Waals surface area contributed by atoms with Crippen LogP contribution in [0.25, 0.3) is 0 Å². The minimum Gasteiger partial charge on any atom is -0.383 e. The first-order valence-corrected chi connectivity index (χ1v) is 5.85. The molecular formula is C12H18FN3. The minimum atomic E-state index is -0.432. The summed E-state index contributed by atoms with van der Waals surface area (Å²) in [5, 5.41) is 3.24. The van der Waals surface area contributed by atoms with E-state index in [9.17, 15) is 4.39 Å². The lowest BCUT2D eigenvalue weighted by atomic mass is 10.3. The van der Waals surface area contributed by atoms with Crippen molar-refractivity contribution >= 4 is 5.69 Å². The fraction of sp³-hybridized carbons (Fsp3) is 0.583. The summed E-state index contributed by atoms with van der Waals surface area (Å²) in [7, 11) is 0. The molecule has 0 saturated carbocycles. The molecule has 1 unspecified atom stereocenters. The predicted molar refractivity (Wildman–Crippen MR) is 63.0 cm³/mol. The summed E-state index contributed by atoms with van der Waals surface area (Å²) < 4.78 is 12.8. The van der Waals surface area contributed by atoms with E-state index in [0.29, 0.717) is 6.04 Å². The van der Waals surface area contributed by atoms with Crippen LogP contribution in [0, 0.1) is 5.95 Å². The Bertz CT molecular complexity index is 337. The topological polar surface area (TPSA) is 28.2 Å². The summed E-state index contributed by atoms with van der Waals surface area (Å²) >= 11 is 0. The standard InChI is InChI=1S/C12H18FN3/c1-10(16-6-2-3-7-16)9-15-11-4-5-14-12(13)8-11/h4-5,8,10H,2-3,6-7,9H2,1H3,(H,14,15). The first kappa shape index (κ1) is 11.3. The maximum atomic E-state index is 12.8. The van der Waals surface area contributed by atoms with Crippen molar-refractivity contribution in [1.29, 1.82) is 0 Å². The van der Waals surface area contributed by atoms with Gasteiger partial charge in [-0.3, -0.25) is 4.90 Å². The van der Waals surface area contributed by atoms with Crippen molar-refractivity contribution in [1.82, 2.24) is 9.88 Å². The SMILES string of the molecule is CC(CNc1ccnc(F)c1)N1CCCC1. The van der Waals surface area contributed by atoms with Gasteiger partial charge in [-0.2, -0.15) is 4.39 Å². The molecule has 0 amide bonds. The Hall–Kier alpha value is -1.16. The van der Waals surface area contributed by atoms with Crippen molar-refractivity contribution in [2.75, 3.05) is 25.0 Å². The van der Waals surface area contributed by atoms with Crippen molar-refractivity contribution in [2.24, 2.45) is 0 Å². The largest absolute Gasteiger partial charge is 0.383 e. The van der Waals surface area contributed by atoms with Crippen LogP contribution in [-0.2, 0) is 0 Å². The number of pyridine rings is 1. The van der Waals surface area contributed by atoms with Crippen molar-refractivity contribution in [3.05, 3.63) is 24.3 Å². The summed E-state index contributed by atoms with van der Waals surface area (Å²) in [5.41, 5.74) is 0.804. The third kappa shape index (κ3) is 2.92. The molecule has 2 heterocycles. The van der Waals surface area contributed by atoms with Crippen LogP contribution in [0.5, 0.6) is 0 Å². The smallest absolute Gasteiger partial charge is 0.214 e. The zero-order valence-electron chi connectivity index (χ0n) is 9.62. The van der Waals surface area contributed by atoms with Crippen molar-refractivity contribution in [2.45, 2.75) is 25.8 Å². The van der Waals surface area contributed by atoms with Gasteiger partial charge in [-0.05, 0) is 38.9 Å². The summed E-state index contributed by atoms with van der Waals surface area (Å²) in [4.78, 5) is 5.99. The Morgan fingerprint density at radius 3 is 2.94 bits per heavy atom. The number of nitrogens with zero attached hydrogens (tertiary/aromatic N) is 2. The second-order valence-electron chi connectivity index (χ2n) is 4.34. The van der Waals surface area contributed by atoms with Gasteiger partial charge < -0.3 is 5.32 Å². The quantitative estimate of drug-likeness (QED) is 0.792. The minimum absolute atomic E-state index is 0.432. The molecule has 0 radical (unpaired) electrons. The van der Waals surface area contributed by atoms with Gasteiger partial charge in [0.15, 0.2) is 0 Å². The fourth-order valence-corrected chi connectivity index (χ4v) is 2.09. The average molecular weight is 223 g/mol. The van der Waals surface area contributed by atoms with Crippen LogP contribution >= 0.6 is 0 Å². The molecule has 16 heavy (non-hydrogen) atoms. The van der Waals surface area contributed by atoms with Gasteiger partial charge in [0.1, 0.15) is 0 Å². The van der Waals surface area contributed by atoms with E-state index in [1.165, 1.54) is 38.2 Å². The lowest BCUT2D eigenvalue weighted by Gasteiger charge is -2.24. The second-order valence-corrected chi connectivity index (χ2v) is 4.34. The average Bonchev–Trinajstić information content (AvgIpc) is 2.79. The van der Waals surface area contributed by atoms with E-state index in [4.69, 9.17) is 0 Å². The van der Waals surface area contributed by atoms with Gasteiger partial charge in [-0.15, -0.1) is 0 Å². The first-order chi connectivity index (χ1) is 7.75. The van der Waals surface area contributed by atoms with E-state index in [0.717, 1.165) is 12.2 Å². The molecule has 1 N–H and O–H groups in total. The number of rotatable bonds is 4.